The van der Waals surface area contributed by atoms with Crippen LogP contribution >= 0.6 is 27.7 Å². The van der Waals surface area contributed by atoms with E-state index in [-0.39, 0.29) is 18.0 Å². The molecule has 0 bridgehead atoms. The van der Waals surface area contributed by atoms with Crippen LogP contribution in [-0.2, 0) is 11.3 Å². The van der Waals surface area contributed by atoms with Gasteiger partial charge >= 0.3 is 0 Å². The lowest BCUT2D eigenvalue weighted by Gasteiger charge is -2.21. The standard InChI is InChI=1S/C21H17BrN2O4S/c22-14-6-7-21(26)24(12-14)13-20(25)23-16-10-17-18(28-9-8-27-17)11-19(16)29-15-4-2-1-3-5-15/h1-7,10-12H,8-9,13H2,(H,23,25). The van der Waals surface area contributed by atoms with Gasteiger partial charge in [0, 0.05) is 38.7 Å². The Morgan fingerprint density at radius 3 is 2.55 bits per heavy atom. The summed E-state index contributed by atoms with van der Waals surface area (Å²) in [5, 5.41) is 2.91. The van der Waals surface area contributed by atoms with Crippen molar-refractivity contribution in [3.63, 3.8) is 0 Å². The van der Waals surface area contributed by atoms with Gasteiger partial charge in [-0.25, -0.2) is 0 Å². The number of amides is 1. The largest absolute Gasteiger partial charge is 0.486 e. The lowest BCUT2D eigenvalue weighted by molar-refractivity contribution is -0.116. The molecule has 0 aliphatic carbocycles. The van der Waals surface area contributed by atoms with Crippen molar-refractivity contribution in [2.45, 2.75) is 16.3 Å². The lowest BCUT2D eigenvalue weighted by atomic mass is 10.2. The summed E-state index contributed by atoms with van der Waals surface area (Å²) in [6.07, 6.45) is 1.59. The Labute approximate surface area is 180 Å². The third-order valence-electron chi connectivity index (χ3n) is 4.15. The first-order valence-electron chi connectivity index (χ1n) is 8.91. The summed E-state index contributed by atoms with van der Waals surface area (Å²) in [5.41, 5.74) is 0.362. The van der Waals surface area contributed by atoms with Crippen molar-refractivity contribution in [2.24, 2.45) is 0 Å². The number of halogens is 1. The van der Waals surface area contributed by atoms with Crippen molar-refractivity contribution in [2.75, 3.05) is 18.5 Å². The highest BCUT2D eigenvalue weighted by atomic mass is 79.9. The highest BCUT2D eigenvalue weighted by molar-refractivity contribution is 9.10. The number of carbonyl (C=O) groups excluding carboxylic acids is 1. The van der Waals surface area contributed by atoms with Crippen LogP contribution in [0.2, 0.25) is 0 Å². The maximum atomic E-state index is 12.7. The molecule has 2 aromatic carbocycles. The minimum atomic E-state index is -0.309. The number of nitrogens with one attached hydrogen (secondary N) is 1. The molecule has 0 unspecified atom stereocenters. The molecule has 0 saturated heterocycles. The van der Waals surface area contributed by atoms with Crippen molar-refractivity contribution < 1.29 is 14.3 Å². The Balaban J connectivity index is 1.61. The van der Waals surface area contributed by atoms with Gasteiger partial charge in [0.25, 0.3) is 5.56 Å². The zero-order chi connectivity index (χ0) is 20.2. The molecule has 3 aromatic rings. The smallest absolute Gasteiger partial charge is 0.251 e. The third-order valence-corrected chi connectivity index (χ3v) is 5.69. The number of anilines is 1. The van der Waals surface area contributed by atoms with Gasteiger partial charge in [0.2, 0.25) is 5.91 Å². The Hall–Kier alpha value is -2.71. The number of pyridine rings is 1. The molecule has 0 fully saturated rings. The second-order valence-corrected chi connectivity index (χ2v) is 8.30. The van der Waals surface area contributed by atoms with Gasteiger partial charge in [0.15, 0.2) is 11.5 Å². The zero-order valence-corrected chi connectivity index (χ0v) is 17.7. The minimum absolute atomic E-state index is 0.0951. The van der Waals surface area contributed by atoms with Gasteiger partial charge in [-0.1, -0.05) is 30.0 Å². The molecule has 1 aromatic heterocycles. The average Bonchev–Trinajstić information content (AvgIpc) is 2.72. The molecule has 0 spiro atoms. The van der Waals surface area contributed by atoms with E-state index >= 15 is 0 Å². The van der Waals surface area contributed by atoms with E-state index in [1.165, 1.54) is 22.4 Å². The van der Waals surface area contributed by atoms with E-state index in [0.717, 1.165) is 14.3 Å². The van der Waals surface area contributed by atoms with Gasteiger partial charge in [-0.15, -0.1) is 0 Å². The number of hydrogen-bond donors (Lipinski definition) is 1. The van der Waals surface area contributed by atoms with E-state index in [9.17, 15) is 9.59 Å². The molecule has 4 rings (SSSR count). The Morgan fingerprint density at radius 2 is 1.79 bits per heavy atom. The van der Waals surface area contributed by atoms with E-state index in [0.29, 0.717) is 30.4 Å². The molecule has 1 aliphatic rings. The van der Waals surface area contributed by atoms with Crippen molar-refractivity contribution in [1.29, 1.82) is 0 Å². The number of ether oxygens (including phenoxy) is 2. The van der Waals surface area contributed by atoms with E-state index in [1.807, 2.05) is 36.4 Å². The molecule has 1 N–H and O–H groups in total. The highest BCUT2D eigenvalue weighted by Gasteiger charge is 2.18. The average molecular weight is 473 g/mol. The first-order chi connectivity index (χ1) is 14.1. The molecular formula is C21H17BrN2O4S. The van der Waals surface area contributed by atoms with E-state index in [1.54, 1.807) is 18.3 Å². The molecule has 148 valence electrons. The predicted molar refractivity (Wildman–Crippen MR) is 115 cm³/mol. The molecule has 2 heterocycles. The normalized spacial score (nSPS) is 12.4. The minimum Gasteiger partial charge on any atom is -0.486 e. The van der Waals surface area contributed by atoms with Gasteiger partial charge in [-0.05, 0) is 34.1 Å². The molecule has 29 heavy (non-hydrogen) atoms. The van der Waals surface area contributed by atoms with Crippen LogP contribution in [0.5, 0.6) is 11.5 Å². The lowest BCUT2D eigenvalue weighted by Crippen LogP contribution is -2.27. The molecule has 0 radical (unpaired) electrons. The van der Waals surface area contributed by atoms with Crippen molar-refractivity contribution in [3.05, 3.63) is 75.6 Å². The summed E-state index contributed by atoms with van der Waals surface area (Å²) in [6, 6.07) is 16.5. The van der Waals surface area contributed by atoms with Gasteiger partial charge in [-0.2, -0.15) is 0 Å². The highest BCUT2D eigenvalue weighted by Crippen LogP contribution is 2.42. The summed E-state index contributed by atoms with van der Waals surface area (Å²) in [5.74, 6) is 0.927. The van der Waals surface area contributed by atoms with Crippen LogP contribution in [0.3, 0.4) is 0 Å². The van der Waals surface area contributed by atoms with E-state index in [4.69, 9.17) is 9.47 Å². The van der Waals surface area contributed by atoms with Crippen LogP contribution in [0.15, 0.2) is 79.9 Å². The van der Waals surface area contributed by atoms with Crippen LogP contribution in [0.25, 0.3) is 0 Å². The Morgan fingerprint density at radius 1 is 1.07 bits per heavy atom. The van der Waals surface area contributed by atoms with Crippen LogP contribution in [0.4, 0.5) is 5.69 Å². The summed E-state index contributed by atoms with van der Waals surface area (Å²) in [4.78, 5) is 26.5. The predicted octanol–water partition coefficient (Wildman–Crippen LogP) is 4.17. The molecule has 1 aliphatic heterocycles. The SMILES string of the molecule is O=C(Cn1cc(Br)ccc1=O)Nc1cc2c(cc1Sc1ccccc1)OCCO2. The van der Waals surface area contributed by atoms with Crippen molar-refractivity contribution >= 4 is 39.3 Å². The molecule has 0 atom stereocenters. The fourth-order valence-corrected chi connectivity index (χ4v) is 4.15. The molecule has 6 nitrogen and oxygen atoms in total. The summed E-state index contributed by atoms with van der Waals surface area (Å²) >= 11 is 4.83. The van der Waals surface area contributed by atoms with Crippen molar-refractivity contribution in [1.82, 2.24) is 4.57 Å². The molecule has 8 heteroatoms. The van der Waals surface area contributed by atoms with Crippen LogP contribution in [0.1, 0.15) is 0 Å². The van der Waals surface area contributed by atoms with Crippen LogP contribution in [-0.4, -0.2) is 23.7 Å². The summed E-state index contributed by atoms with van der Waals surface area (Å²) < 4.78 is 13.4. The fraction of sp³-hybridized carbons (Fsp3) is 0.143. The van der Waals surface area contributed by atoms with Gasteiger partial charge in [0.05, 0.1) is 5.69 Å². The van der Waals surface area contributed by atoms with Gasteiger partial charge in [0.1, 0.15) is 19.8 Å². The second-order valence-electron chi connectivity index (χ2n) is 6.27. The van der Waals surface area contributed by atoms with E-state index < -0.39 is 0 Å². The van der Waals surface area contributed by atoms with E-state index in [2.05, 4.69) is 21.2 Å². The second kappa shape index (κ2) is 8.75. The number of hydrogen-bond acceptors (Lipinski definition) is 5. The van der Waals surface area contributed by atoms with Gasteiger partial charge < -0.3 is 19.4 Å². The summed E-state index contributed by atoms with van der Waals surface area (Å²) in [6.45, 7) is 0.848. The number of fused-ring (bicyclic) bond motifs is 1. The number of nitrogens with zero attached hydrogens (tertiary/aromatic N) is 1. The maximum absolute atomic E-state index is 12.7. The summed E-state index contributed by atoms with van der Waals surface area (Å²) in [7, 11) is 0. The quantitative estimate of drug-likeness (QED) is 0.603. The fourth-order valence-electron chi connectivity index (χ4n) is 2.84. The molecule has 0 saturated carbocycles. The third kappa shape index (κ3) is 4.83. The Bertz CT molecular complexity index is 1100. The number of carbonyl (C=O) groups is 1. The zero-order valence-electron chi connectivity index (χ0n) is 15.3. The van der Waals surface area contributed by atoms with Crippen LogP contribution < -0.4 is 20.3 Å². The maximum Gasteiger partial charge on any atom is 0.251 e. The molecule has 1 amide bonds. The molecular weight excluding hydrogens is 456 g/mol. The monoisotopic (exact) mass is 472 g/mol. The topological polar surface area (TPSA) is 69.6 Å². The Kier molecular flexibility index (Phi) is 5.92. The van der Waals surface area contributed by atoms with Gasteiger partial charge in [-0.3, -0.25) is 9.59 Å². The number of benzene rings is 2. The number of rotatable bonds is 5. The van der Waals surface area contributed by atoms with Crippen LogP contribution in [0, 0.1) is 0 Å². The first-order valence-corrected chi connectivity index (χ1v) is 10.5. The number of aromatic nitrogens is 1. The van der Waals surface area contributed by atoms with Crippen molar-refractivity contribution in [3.8, 4) is 11.5 Å². The first kappa shape index (κ1) is 19.6.